The van der Waals surface area contributed by atoms with Gasteiger partial charge in [0.2, 0.25) is 0 Å². The summed E-state index contributed by atoms with van der Waals surface area (Å²) in [6, 6.07) is 4.24. The summed E-state index contributed by atoms with van der Waals surface area (Å²) in [6.45, 7) is 6.97. The van der Waals surface area contributed by atoms with Crippen LogP contribution in [0.4, 0.5) is 0 Å². The van der Waals surface area contributed by atoms with Crippen LogP contribution in [-0.2, 0) is 19.6 Å². The molecule has 2 heterocycles. The van der Waals surface area contributed by atoms with E-state index in [4.69, 9.17) is 0 Å². The van der Waals surface area contributed by atoms with Crippen molar-refractivity contribution in [2.45, 2.75) is 33.5 Å². The van der Waals surface area contributed by atoms with E-state index in [-0.39, 0.29) is 0 Å². The Labute approximate surface area is 95.7 Å². The first-order valence-electron chi connectivity index (χ1n) is 5.65. The molecule has 0 radical (unpaired) electrons. The van der Waals surface area contributed by atoms with E-state index >= 15 is 0 Å². The summed E-state index contributed by atoms with van der Waals surface area (Å²) in [5, 5.41) is 10.4. The summed E-state index contributed by atoms with van der Waals surface area (Å²) in [4.78, 5) is 0. The van der Waals surface area contributed by atoms with Crippen molar-refractivity contribution in [2.75, 3.05) is 0 Å². The van der Waals surface area contributed by atoms with Gasteiger partial charge in [-0.3, -0.25) is 5.10 Å². The molecule has 4 nitrogen and oxygen atoms in total. The maximum atomic E-state index is 4.00. The number of aryl methyl sites for hydroxylation is 2. The topological polar surface area (TPSA) is 45.6 Å². The molecule has 2 rings (SSSR count). The third kappa shape index (κ3) is 2.33. The van der Waals surface area contributed by atoms with E-state index in [2.05, 4.69) is 45.3 Å². The van der Waals surface area contributed by atoms with Crippen molar-refractivity contribution in [1.29, 1.82) is 0 Å². The fourth-order valence-corrected chi connectivity index (χ4v) is 1.80. The molecule has 16 heavy (non-hydrogen) atoms. The average Bonchev–Trinajstić information content (AvgIpc) is 2.88. The van der Waals surface area contributed by atoms with Crippen LogP contribution in [0.1, 0.15) is 23.9 Å². The molecule has 0 saturated carbocycles. The fraction of sp³-hybridized carbons (Fsp3) is 0.417. The molecule has 86 valence electrons. The normalized spacial score (nSPS) is 10.9. The molecule has 0 unspecified atom stereocenters. The molecule has 0 saturated heterocycles. The maximum Gasteiger partial charge on any atom is 0.0535 e. The number of hydrogen-bond donors (Lipinski definition) is 2. The number of rotatable bonds is 5. The van der Waals surface area contributed by atoms with Crippen molar-refractivity contribution in [3.8, 4) is 0 Å². The third-order valence-corrected chi connectivity index (χ3v) is 2.82. The van der Waals surface area contributed by atoms with Crippen LogP contribution in [0.15, 0.2) is 24.5 Å². The minimum absolute atomic E-state index is 0.858. The standard InChI is InChI=1S/C12H18N4/c1-3-16-6-4-5-12(16)9-13-7-11-8-14-15-10(11)2/h4-6,8,13H,3,7,9H2,1-2H3,(H,14,15). The molecular weight excluding hydrogens is 200 g/mol. The Bertz CT molecular complexity index is 441. The molecule has 2 N–H and O–H groups in total. The SMILES string of the molecule is CCn1cccc1CNCc1cn[nH]c1C. The zero-order valence-corrected chi connectivity index (χ0v) is 9.83. The van der Waals surface area contributed by atoms with Crippen LogP contribution >= 0.6 is 0 Å². The molecule has 0 aliphatic carbocycles. The molecule has 0 atom stereocenters. The van der Waals surface area contributed by atoms with Gasteiger partial charge in [0.05, 0.1) is 6.20 Å². The predicted octanol–water partition coefficient (Wildman–Crippen LogP) is 1.83. The third-order valence-electron chi connectivity index (χ3n) is 2.82. The highest BCUT2D eigenvalue weighted by atomic mass is 15.1. The Hall–Kier alpha value is -1.55. The van der Waals surface area contributed by atoms with Crippen LogP contribution in [0, 0.1) is 6.92 Å². The van der Waals surface area contributed by atoms with Gasteiger partial charge in [-0.2, -0.15) is 5.10 Å². The van der Waals surface area contributed by atoms with Gasteiger partial charge in [0, 0.05) is 42.8 Å². The van der Waals surface area contributed by atoms with Crippen molar-refractivity contribution in [2.24, 2.45) is 0 Å². The summed E-state index contributed by atoms with van der Waals surface area (Å²) in [7, 11) is 0. The molecular formula is C12H18N4. The fourth-order valence-electron chi connectivity index (χ4n) is 1.80. The van der Waals surface area contributed by atoms with Crippen molar-refractivity contribution in [1.82, 2.24) is 20.1 Å². The lowest BCUT2D eigenvalue weighted by atomic mass is 10.2. The molecule has 0 spiro atoms. The monoisotopic (exact) mass is 218 g/mol. The van der Waals surface area contributed by atoms with E-state index in [0.29, 0.717) is 0 Å². The molecule has 0 aromatic carbocycles. The van der Waals surface area contributed by atoms with Crippen LogP contribution in [0.2, 0.25) is 0 Å². The van der Waals surface area contributed by atoms with E-state index in [1.165, 1.54) is 11.3 Å². The number of H-pyrrole nitrogens is 1. The molecule has 0 amide bonds. The molecule has 0 bridgehead atoms. The number of hydrogen-bond acceptors (Lipinski definition) is 2. The van der Waals surface area contributed by atoms with Crippen LogP contribution in [0.5, 0.6) is 0 Å². The lowest BCUT2D eigenvalue weighted by Crippen LogP contribution is -2.15. The van der Waals surface area contributed by atoms with Crippen LogP contribution < -0.4 is 5.32 Å². The Morgan fingerprint density at radius 3 is 3.00 bits per heavy atom. The molecule has 0 aliphatic heterocycles. The van der Waals surface area contributed by atoms with Crippen LogP contribution in [0.25, 0.3) is 0 Å². The second kappa shape index (κ2) is 4.99. The summed E-state index contributed by atoms with van der Waals surface area (Å²) in [5.74, 6) is 0. The Kier molecular flexibility index (Phi) is 3.41. The number of nitrogens with one attached hydrogen (secondary N) is 2. The highest BCUT2D eigenvalue weighted by molar-refractivity contribution is 5.14. The van der Waals surface area contributed by atoms with Crippen molar-refractivity contribution in [3.05, 3.63) is 41.5 Å². The number of nitrogens with zero attached hydrogens (tertiary/aromatic N) is 2. The van der Waals surface area contributed by atoms with Gasteiger partial charge in [-0.25, -0.2) is 0 Å². The Balaban J connectivity index is 1.87. The maximum absolute atomic E-state index is 4.00. The second-order valence-corrected chi connectivity index (χ2v) is 3.91. The summed E-state index contributed by atoms with van der Waals surface area (Å²) < 4.78 is 2.25. The molecule has 0 fully saturated rings. The van der Waals surface area contributed by atoms with Crippen molar-refractivity contribution in [3.63, 3.8) is 0 Å². The van der Waals surface area contributed by atoms with Gasteiger partial charge in [-0.05, 0) is 26.0 Å². The van der Waals surface area contributed by atoms with Crippen LogP contribution in [-0.4, -0.2) is 14.8 Å². The first kappa shape index (κ1) is 11.0. The van der Waals surface area contributed by atoms with Crippen LogP contribution in [0.3, 0.4) is 0 Å². The van der Waals surface area contributed by atoms with Gasteiger partial charge in [0.25, 0.3) is 0 Å². The van der Waals surface area contributed by atoms with Gasteiger partial charge >= 0.3 is 0 Å². The highest BCUT2D eigenvalue weighted by Gasteiger charge is 2.01. The summed E-state index contributed by atoms with van der Waals surface area (Å²) in [5.41, 5.74) is 3.69. The highest BCUT2D eigenvalue weighted by Crippen LogP contribution is 2.04. The summed E-state index contributed by atoms with van der Waals surface area (Å²) >= 11 is 0. The van der Waals surface area contributed by atoms with Gasteiger partial charge in [-0.1, -0.05) is 0 Å². The van der Waals surface area contributed by atoms with Gasteiger partial charge < -0.3 is 9.88 Å². The molecule has 2 aromatic rings. The molecule has 2 aromatic heterocycles. The molecule has 4 heteroatoms. The Morgan fingerprint density at radius 2 is 2.31 bits per heavy atom. The van der Waals surface area contributed by atoms with Gasteiger partial charge in [-0.15, -0.1) is 0 Å². The predicted molar refractivity (Wildman–Crippen MR) is 64.0 cm³/mol. The largest absolute Gasteiger partial charge is 0.351 e. The number of aromatic nitrogens is 3. The minimum atomic E-state index is 0.858. The van der Waals surface area contributed by atoms with Gasteiger partial charge in [0.15, 0.2) is 0 Å². The lowest BCUT2D eigenvalue weighted by molar-refractivity contribution is 0.628. The smallest absolute Gasteiger partial charge is 0.0535 e. The first-order valence-corrected chi connectivity index (χ1v) is 5.65. The Morgan fingerprint density at radius 1 is 1.44 bits per heavy atom. The summed E-state index contributed by atoms with van der Waals surface area (Å²) in [6.07, 6.45) is 3.99. The zero-order valence-electron chi connectivity index (χ0n) is 9.83. The minimum Gasteiger partial charge on any atom is -0.351 e. The van der Waals surface area contributed by atoms with Gasteiger partial charge in [0.1, 0.15) is 0 Å². The van der Waals surface area contributed by atoms with Crippen molar-refractivity contribution >= 4 is 0 Å². The van der Waals surface area contributed by atoms with E-state index in [9.17, 15) is 0 Å². The van der Waals surface area contributed by atoms with E-state index in [1.807, 2.05) is 13.1 Å². The average molecular weight is 218 g/mol. The van der Waals surface area contributed by atoms with E-state index in [1.54, 1.807) is 0 Å². The lowest BCUT2D eigenvalue weighted by Gasteiger charge is -2.07. The van der Waals surface area contributed by atoms with E-state index < -0.39 is 0 Å². The second-order valence-electron chi connectivity index (χ2n) is 3.91. The number of aromatic amines is 1. The van der Waals surface area contributed by atoms with E-state index in [0.717, 1.165) is 25.3 Å². The van der Waals surface area contributed by atoms with Crippen molar-refractivity contribution < 1.29 is 0 Å². The zero-order chi connectivity index (χ0) is 11.4. The quantitative estimate of drug-likeness (QED) is 0.804. The molecule has 0 aliphatic rings. The first-order chi connectivity index (χ1) is 7.81.